The van der Waals surface area contributed by atoms with E-state index in [0.29, 0.717) is 5.96 Å². The predicted molar refractivity (Wildman–Crippen MR) is 57.2 cm³/mol. The van der Waals surface area contributed by atoms with Crippen LogP contribution in [0.3, 0.4) is 0 Å². The summed E-state index contributed by atoms with van der Waals surface area (Å²) in [5.41, 5.74) is 0. The van der Waals surface area contributed by atoms with E-state index in [2.05, 4.69) is 5.32 Å². The lowest BCUT2D eigenvalue weighted by Gasteiger charge is -2.19. The third-order valence-electron chi connectivity index (χ3n) is 1.80. The van der Waals surface area contributed by atoms with Gasteiger partial charge in [0.15, 0.2) is 5.96 Å². The molecule has 1 heterocycles. The molecule has 0 aliphatic carbocycles. The quantitative estimate of drug-likeness (QED) is 0.425. The van der Waals surface area contributed by atoms with E-state index in [0.717, 1.165) is 0 Å². The molecule has 0 spiro atoms. The summed E-state index contributed by atoms with van der Waals surface area (Å²) in [5, 5.41) is 10.5. The van der Waals surface area contributed by atoms with Crippen molar-refractivity contribution in [3.05, 3.63) is 0 Å². The number of guanidine groups is 1. The summed E-state index contributed by atoms with van der Waals surface area (Å²) in [6.07, 6.45) is 2.78. The molecule has 4 heteroatoms. The van der Waals surface area contributed by atoms with Crippen LogP contribution in [-0.4, -0.2) is 57.0 Å². The van der Waals surface area contributed by atoms with Crippen molar-refractivity contribution in [2.24, 2.45) is 0 Å². The van der Waals surface area contributed by atoms with Crippen LogP contribution < -0.4 is 5.32 Å². The van der Waals surface area contributed by atoms with E-state index < -0.39 is 0 Å². The lowest BCUT2D eigenvalue weighted by molar-refractivity contribution is 0.478. The monoisotopic (exact) mass is 186 g/mol. The van der Waals surface area contributed by atoms with Gasteiger partial charge in [0.25, 0.3) is 0 Å². The Morgan fingerprint density at radius 2 is 1.38 bits per heavy atom. The van der Waals surface area contributed by atoms with Crippen LogP contribution in [0.25, 0.3) is 0 Å². The second-order valence-electron chi connectivity index (χ2n) is 3.57. The van der Waals surface area contributed by atoms with Crippen molar-refractivity contribution < 1.29 is 0 Å². The summed E-state index contributed by atoms with van der Waals surface area (Å²) >= 11 is 0. The first-order chi connectivity index (χ1) is 6.05. The second kappa shape index (κ2) is 6.71. The maximum atomic E-state index is 7.25. The van der Waals surface area contributed by atoms with E-state index in [9.17, 15) is 0 Å². The maximum Gasteiger partial charge on any atom is 0.192 e. The Bertz CT molecular complexity index is 121. The standard InChI is InChI=1S/C5H13N3.C4H9N/c1-7(2)5(6)8(3)4;1-2-4-5-3-1/h6H,1-4H3;5H,1-4H2. The first kappa shape index (κ1) is 12.2. The van der Waals surface area contributed by atoms with Gasteiger partial charge in [-0.3, -0.25) is 5.41 Å². The van der Waals surface area contributed by atoms with E-state index >= 15 is 0 Å². The van der Waals surface area contributed by atoms with Gasteiger partial charge in [-0.25, -0.2) is 0 Å². The number of rotatable bonds is 0. The number of hydrogen-bond donors (Lipinski definition) is 2. The first-order valence-electron chi connectivity index (χ1n) is 4.69. The topological polar surface area (TPSA) is 42.4 Å². The molecule has 2 N–H and O–H groups in total. The van der Waals surface area contributed by atoms with Gasteiger partial charge in [0.1, 0.15) is 0 Å². The molecule has 0 unspecified atom stereocenters. The normalized spacial score (nSPS) is 14.5. The molecule has 4 nitrogen and oxygen atoms in total. The van der Waals surface area contributed by atoms with Crippen molar-refractivity contribution in [2.75, 3.05) is 41.3 Å². The van der Waals surface area contributed by atoms with Crippen LogP contribution >= 0.6 is 0 Å². The molecule has 0 saturated carbocycles. The second-order valence-corrected chi connectivity index (χ2v) is 3.57. The van der Waals surface area contributed by atoms with Crippen LogP contribution in [0, 0.1) is 5.41 Å². The molecule has 0 bridgehead atoms. The minimum Gasteiger partial charge on any atom is -0.349 e. The van der Waals surface area contributed by atoms with E-state index in [1.807, 2.05) is 28.2 Å². The van der Waals surface area contributed by atoms with Gasteiger partial charge in [0.05, 0.1) is 0 Å². The fourth-order valence-electron chi connectivity index (χ4n) is 1.02. The van der Waals surface area contributed by atoms with E-state index in [1.54, 1.807) is 9.80 Å². The molecule has 0 atom stereocenters. The predicted octanol–water partition coefficient (Wildman–Crippen LogP) is 0.414. The van der Waals surface area contributed by atoms with Crippen molar-refractivity contribution in [1.82, 2.24) is 15.1 Å². The van der Waals surface area contributed by atoms with E-state index in [4.69, 9.17) is 5.41 Å². The Morgan fingerprint density at radius 1 is 1.00 bits per heavy atom. The molecule has 78 valence electrons. The number of nitrogens with zero attached hydrogens (tertiary/aromatic N) is 2. The summed E-state index contributed by atoms with van der Waals surface area (Å²) in [5.74, 6) is 0.519. The largest absolute Gasteiger partial charge is 0.349 e. The summed E-state index contributed by atoms with van der Waals surface area (Å²) in [6, 6.07) is 0. The minimum atomic E-state index is 0.519. The lowest BCUT2D eigenvalue weighted by Crippen LogP contribution is -2.34. The average Bonchev–Trinajstić information content (AvgIpc) is 2.59. The molecule has 1 saturated heterocycles. The highest BCUT2D eigenvalue weighted by Gasteiger charge is 1.97. The molecular weight excluding hydrogens is 164 g/mol. The van der Waals surface area contributed by atoms with Gasteiger partial charge < -0.3 is 15.1 Å². The zero-order valence-corrected chi connectivity index (χ0v) is 9.22. The Morgan fingerprint density at radius 3 is 1.46 bits per heavy atom. The highest BCUT2D eigenvalue weighted by Crippen LogP contribution is 1.90. The zero-order valence-electron chi connectivity index (χ0n) is 9.22. The molecule has 1 rings (SSSR count). The van der Waals surface area contributed by atoms with Gasteiger partial charge in [-0.05, 0) is 25.9 Å². The van der Waals surface area contributed by atoms with Crippen molar-refractivity contribution in [3.63, 3.8) is 0 Å². The van der Waals surface area contributed by atoms with Crippen LogP contribution in [0.1, 0.15) is 12.8 Å². The molecule has 0 amide bonds. The van der Waals surface area contributed by atoms with Crippen LogP contribution in [0.4, 0.5) is 0 Å². The van der Waals surface area contributed by atoms with Crippen molar-refractivity contribution in [3.8, 4) is 0 Å². The van der Waals surface area contributed by atoms with Crippen molar-refractivity contribution in [2.45, 2.75) is 12.8 Å². The van der Waals surface area contributed by atoms with Gasteiger partial charge in [-0.1, -0.05) is 0 Å². The third-order valence-corrected chi connectivity index (χ3v) is 1.80. The fraction of sp³-hybridized carbons (Fsp3) is 0.889. The molecular formula is C9H22N4. The molecule has 13 heavy (non-hydrogen) atoms. The molecule has 0 aromatic heterocycles. The summed E-state index contributed by atoms with van der Waals surface area (Å²) < 4.78 is 0. The van der Waals surface area contributed by atoms with Gasteiger partial charge in [-0.2, -0.15) is 0 Å². The molecule has 0 aromatic carbocycles. The third kappa shape index (κ3) is 6.40. The Kier molecular flexibility index (Phi) is 6.32. The first-order valence-corrected chi connectivity index (χ1v) is 4.69. The van der Waals surface area contributed by atoms with Crippen LogP contribution in [0.2, 0.25) is 0 Å². The molecule has 1 aliphatic heterocycles. The minimum absolute atomic E-state index is 0.519. The van der Waals surface area contributed by atoms with Crippen LogP contribution in [0.5, 0.6) is 0 Å². The smallest absolute Gasteiger partial charge is 0.192 e. The number of hydrogen-bond acceptors (Lipinski definition) is 2. The van der Waals surface area contributed by atoms with Gasteiger partial charge in [0, 0.05) is 28.2 Å². The average molecular weight is 186 g/mol. The molecule has 0 aromatic rings. The van der Waals surface area contributed by atoms with Gasteiger partial charge in [0.2, 0.25) is 0 Å². The Labute approximate surface area is 81.4 Å². The Balaban J connectivity index is 0.000000243. The fourth-order valence-corrected chi connectivity index (χ4v) is 1.02. The number of nitrogens with one attached hydrogen (secondary N) is 2. The van der Waals surface area contributed by atoms with Crippen LogP contribution in [-0.2, 0) is 0 Å². The lowest BCUT2D eigenvalue weighted by atomic mass is 10.4. The summed E-state index contributed by atoms with van der Waals surface area (Å²) in [7, 11) is 7.40. The molecule has 1 fully saturated rings. The van der Waals surface area contributed by atoms with E-state index in [-0.39, 0.29) is 0 Å². The molecule has 1 aliphatic rings. The van der Waals surface area contributed by atoms with Gasteiger partial charge in [-0.15, -0.1) is 0 Å². The highest BCUT2D eigenvalue weighted by molar-refractivity contribution is 5.75. The summed E-state index contributed by atoms with van der Waals surface area (Å²) in [4.78, 5) is 3.50. The molecule has 0 radical (unpaired) electrons. The Hall–Kier alpha value is -0.770. The summed E-state index contributed by atoms with van der Waals surface area (Å²) in [6.45, 7) is 2.50. The maximum absolute atomic E-state index is 7.25. The van der Waals surface area contributed by atoms with Crippen molar-refractivity contribution >= 4 is 5.96 Å². The van der Waals surface area contributed by atoms with E-state index in [1.165, 1.54) is 25.9 Å². The zero-order chi connectivity index (χ0) is 10.3. The van der Waals surface area contributed by atoms with Crippen molar-refractivity contribution in [1.29, 1.82) is 5.41 Å². The van der Waals surface area contributed by atoms with Crippen LogP contribution in [0.15, 0.2) is 0 Å². The highest BCUT2D eigenvalue weighted by atomic mass is 15.3. The van der Waals surface area contributed by atoms with Gasteiger partial charge >= 0.3 is 0 Å². The SMILES string of the molecule is C1CCNC1.CN(C)C(=N)N(C)C.